The molecule has 3 unspecified atom stereocenters. The maximum Gasteiger partial charge on any atom is 0.121 e. The minimum absolute atomic E-state index is 0.0182. The normalized spacial score (nSPS) is 17.2. The van der Waals surface area contributed by atoms with Gasteiger partial charge in [0.1, 0.15) is 11.5 Å². The van der Waals surface area contributed by atoms with Crippen molar-refractivity contribution in [2.24, 2.45) is 0 Å². The van der Waals surface area contributed by atoms with Crippen molar-refractivity contribution in [1.82, 2.24) is 0 Å². The number of fused-ring (bicyclic) bond motifs is 2. The van der Waals surface area contributed by atoms with Crippen molar-refractivity contribution < 1.29 is 20.4 Å². The summed E-state index contributed by atoms with van der Waals surface area (Å²) in [5, 5.41) is 56.8. The van der Waals surface area contributed by atoms with Crippen LogP contribution in [0.25, 0.3) is 43.8 Å². The largest absolute Gasteiger partial charge is 0.851 e. The zero-order valence-corrected chi connectivity index (χ0v) is 35.3. The fourth-order valence-electron chi connectivity index (χ4n) is 9.54. The van der Waals surface area contributed by atoms with Crippen molar-refractivity contribution in [2.75, 3.05) is 22.9 Å². The molecule has 62 heavy (non-hydrogen) atoms. The average Bonchev–Trinajstić information content (AvgIpc) is 3.31. The van der Waals surface area contributed by atoms with Crippen molar-refractivity contribution in [3.05, 3.63) is 181 Å². The molecule has 1 aliphatic rings. The van der Waals surface area contributed by atoms with Crippen LogP contribution in [0.1, 0.15) is 62.5 Å². The number of rotatable bonds is 14. The minimum atomic E-state index is -1.38. The Morgan fingerprint density at radius 3 is 1.52 bits per heavy atom. The van der Waals surface area contributed by atoms with Gasteiger partial charge in [0.2, 0.25) is 0 Å². The molecule has 0 bridgehead atoms. The van der Waals surface area contributed by atoms with Gasteiger partial charge in [-0.25, -0.2) is 0 Å². The third-order valence-corrected chi connectivity index (χ3v) is 12.7. The Morgan fingerprint density at radius 2 is 0.984 bits per heavy atom. The first-order valence-electron chi connectivity index (χ1n) is 22.0. The number of hydrogen-bond donors (Lipinski definition) is 2. The number of phenols is 2. The number of benzene rings is 8. The summed E-state index contributed by atoms with van der Waals surface area (Å²) in [5.74, 6) is -2.13. The molecule has 6 heteroatoms. The molecule has 8 aromatic rings. The second-order valence-corrected chi connectivity index (χ2v) is 16.6. The summed E-state index contributed by atoms with van der Waals surface area (Å²) in [4.78, 5) is 4.49. The first-order chi connectivity index (χ1) is 30.4. The number of para-hydroxylation sites is 2. The van der Waals surface area contributed by atoms with E-state index in [4.69, 9.17) is 0 Å². The van der Waals surface area contributed by atoms with Crippen LogP contribution in [0.4, 0.5) is 22.7 Å². The van der Waals surface area contributed by atoms with E-state index in [0.717, 1.165) is 99.6 Å². The summed E-state index contributed by atoms with van der Waals surface area (Å²) in [6.45, 7) is 6.05. The van der Waals surface area contributed by atoms with Gasteiger partial charge in [-0.15, -0.1) is 12.2 Å². The van der Waals surface area contributed by atoms with Gasteiger partial charge in [0.15, 0.2) is 0 Å². The van der Waals surface area contributed by atoms with Crippen LogP contribution in [0.15, 0.2) is 170 Å². The monoisotopic (exact) mass is 816 g/mol. The lowest BCUT2D eigenvalue weighted by molar-refractivity contribution is -0.536. The number of hydrogen-bond acceptors (Lipinski definition) is 6. The van der Waals surface area contributed by atoms with Crippen LogP contribution in [0.5, 0.6) is 11.5 Å². The highest BCUT2D eigenvalue weighted by Gasteiger charge is 2.42. The van der Waals surface area contributed by atoms with E-state index in [1.807, 2.05) is 91.0 Å². The Hall–Kier alpha value is -6.60. The first kappa shape index (κ1) is 40.8. The molecule has 4 atom stereocenters. The lowest BCUT2D eigenvalue weighted by atomic mass is 9.62. The van der Waals surface area contributed by atoms with Gasteiger partial charge in [-0.3, -0.25) is 0 Å². The van der Waals surface area contributed by atoms with Gasteiger partial charge >= 0.3 is 0 Å². The van der Waals surface area contributed by atoms with E-state index in [2.05, 4.69) is 84.3 Å². The Labute approximate surface area is 364 Å². The molecule has 0 aliphatic heterocycles. The summed E-state index contributed by atoms with van der Waals surface area (Å²) in [7, 11) is 0. The van der Waals surface area contributed by atoms with Gasteiger partial charge in [0, 0.05) is 58.7 Å². The molecule has 8 aromatic carbocycles. The zero-order chi connectivity index (χ0) is 42.7. The number of nitrogens with zero attached hydrogens (tertiary/aromatic N) is 2. The second-order valence-electron chi connectivity index (χ2n) is 16.6. The number of aromatic hydroxyl groups is 2. The molecule has 0 aromatic heterocycles. The molecule has 1 saturated carbocycles. The maximum atomic E-state index is 14.6. The zero-order valence-electron chi connectivity index (χ0n) is 35.3. The van der Waals surface area contributed by atoms with E-state index in [0.29, 0.717) is 16.8 Å². The molecule has 0 amide bonds. The van der Waals surface area contributed by atoms with E-state index >= 15 is 0 Å². The first-order valence-corrected chi connectivity index (χ1v) is 22.0. The summed E-state index contributed by atoms with van der Waals surface area (Å²) in [6.07, 6.45) is 1.34. The second kappa shape index (κ2) is 17.8. The highest BCUT2D eigenvalue weighted by molar-refractivity contribution is 6.07. The van der Waals surface area contributed by atoms with Crippen molar-refractivity contribution in [1.29, 1.82) is 0 Å². The van der Waals surface area contributed by atoms with E-state index < -0.39 is 24.0 Å². The lowest BCUT2D eigenvalue weighted by Crippen LogP contribution is -2.63. The van der Waals surface area contributed by atoms with E-state index in [-0.39, 0.29) is 11.5 Å². The summed E-state index contributed by atoms with van der Waals surface area (Å²) < 4.78 is 0. The van der Waals surface area contributed by atoms with E-state index in [9.17, 15) is 20.4 Å². The average molecular weight is 817 g/mol. The van der Waals surface area contributed by atoms with Gasteiger partial charge in [0.25, 0.3) is 0 Å². The molecule has 0 heterocycles. The third kappa shape index (κ3) is 7.55. The molecular weight excluding hydrogens is 765 g/mol. The van der Waals surface area contributed by atoms with Crippen LogP contribution in [-0.4, -0.2) is 35.5 Å². The highest BCUT2D eigenvalue weighted by Crippen LogP contribution is 2.54. The molecule has 312 valence electrons. The van der Waals surface area contributed by atoms with Crippen LogP contribution in [-0.2, 0) is 0 Å². The fraction of sp³-hybridized carbons (Fsp3) is 0.214. The Bertz CT molecular complexity index is 2720. The van der Waals surface area contributed by atoms with Crippen LogP contribution < -0.4 is 20.0 Å². The van der Waals surface area contributed by atoms with Crippen LogP contribution >= 0.6 is 0 Å². The molecule has 0 spiro atoms. The fourth-order valence-corrected chi connectivity index (χ4v) is 9.54. The summed E-state index contributed by atoms with van der Waals surface area (Å²) in [6, 6.07) is 56.2. The van der Waals surface area contributed by atoms with Crippen molar-refractivity contribution in [3.63, 3.8) is 0 Å². The lowest BCUT2D eigenvalue weighted by Gasteiger charge is -2.62. The molecule has 1 fully saturated rings. The Balaban J connectivity index is 1.12. The van der Waals surface area contributed by atoms with Crippen LogP contribution in [0, 0.1) is 0 Å². The van der Waals surface area contributed by atoms with Gasteiger partial charge < -0.3 is 30.2 Å². The van der Waals surface area contributed by atoms with Crippen molar-refractivity contribution in [3.8, 4) is 33.8 Å². The molecule has 9 rings (SSSR count). The van der Waals surface area contributed by atoms with Gasteiger partial charge in [-0.1, -0.05) is 154 Å². The predicted octanol–water partition coefficient (Wildman–Crippen LogP) is 12.0. The van der Waals surface area contributed by atoms with Crippen molar-refractivity contribution >= 4 is 44.3 Å². The standard InChI is InChI=1S/C56H52N2O4/c1-3-5-31-57(32-6-4-2)49-36-51(60)52(46-34-40-24-14-13-23-39(40)33-45(46)49)54-55(61)53(56(54)62)44-30-29-41(35-50(44)59)58(47-27-17-15-25-42(47)37-19-9-7-10-20-37)48-28-18-16-26-43(48)38-21-11-8-12-22-38/h7-30,33-36,53-56,59-60H,3-6,31-32H2,1-2H3/q-2/t53?,54?,55-,56?/m1/s1. The summed E-state index contributed by atoms with van der Waals surface area (Å²) >= 11 is 0. The number of unbranched alkanes of at least 4 members (excludes halogenated alkanes) is 2. The minimum Gasteiger partial charge on any atom is -0.851 e. The summed E-state index contributed by atoms with van der Waals surface area (Å²) in [5.41, 5.74) is 8.25. The smallest absolute Gasteiger partial charge is 0.121 e. The molecule has 6 nitrogen and oxygen atoms in total. The van der Waals surface area contributed by atoms with Crippen LogP contribution in [0.2, 0.25) is 0 Å². The van der Waals surface area contributed by atoms with Crippen molar-refractivity contribution in [2.45, 2.75) is 63.6 Å². The van der Waals surface area contributed by atoms with E-state index in [1.165, 1.54) is 0 Å². The topological polar surface area (TPSA) is 93.1 Å². The Morgan fingerprint density at radius 1 is 0.484 bits per heavy atom. The SMILES string of the molecule is CCCCN(CCCC)c1cc(O)c(C2C([O-])C(c3ccc(N(c4ccccc4-c4ccccc4)c4ccccc4-c4ccccc4)cc3O)[C@H]2[O-])c2cc3ccccc3cc12. The third-order valence-electron chi connectivity index (χ3n) is 12.7. The van der Waals surface area contributed by atoms with Gasteiger partial charge in [-0.2, -0.15) is 0 Å². The highest BCUT2D eigenvalue weighted by atomic mass is 16.3. The quantitative estimate of drug-likeness (QED) is 0.106. The van der Waals surface area contributed by atoms with Gasteiger partial charge in [0.05, 0.1) is 11.4 Å². The molecular formula is C56H52N2O4-2. The number of phenolic OH excluding ortho intramolecular Hbond substituents is 2. The molecule has 0 radical (unpaired) electrons. The molecule has 2 N–H and O–H groups in total. The van der Waals surface area contributed by atoms with Gasteiger partial charge in [-0.05, 0) is 87.9 Å². The molecule has 0 saturated heterocycles. The maximum absolute atomic E-state index is 14.6. The number of anilines is 4. The predicted molar refractivity (Wildman–Crippen MR) is 252 cm³/mol. The van der Waals surface area contributed by atoms with E-state index in [1.54, 1.807) is 18.2 Å². The van der Waals surface area contributed by atoms with Crippen LogP contribution in [0.3, 0.4) is 0 Å². The Kier molecular flexibility index (Phi) is 11.7. The molecule has 1 aliphatic carbocycles.